The molecule has 0 spiro atoms. The minimum atomic E-state index is -0.830. The maximum Gasteiger partial charge on any atom is 0.295 e. The Morgan fingerprint density at radius 2 is 1.94 bits per heavy atom. The van der Waals surface area contributed by atoms with Crippen molar-refractivity contribution >= 4 is 39.1 Å². The highest BCUT2D eigenvalue weighted by Gasteiger charge is 2.45. The van der Waals surface area contributed by atoms with Gasteiger partial charge in [-0.3, -0.25) is 19.7 Å². The first-order chi connectivity index (χ1) is 15.2. The zero-order valence-corrected chi connectivity index (χ0v) is 19.2. The highest BCUT2D eigenvalue weighted by Crippen LogP contribution is 2.40. The summed E-state index contributed by atoms with van der Waals surface area (Å²) in [4.78, 5) is 37.8. The topological polar surface area (TPSA) is 110 Å². The number of halogens is 1. The standard InChI is InChI=1S/C23H23BrN2O6/c1-14(2)32-11-5-10-25-20(15-6-3-8-17(24)12-15)19(22(28)23(25)29)21(27)16-7-4-9-18(13-16)26(30)31/h3-4,6-9,12-14,20,27H,5,10-11H2,1-2H3/t20-/m0/s1. The number of amides is 1. The lowest BCUT2D eigenvalue weighted by Crippen LogP contribution is -2.31. The normalized spacial score (nSPS) is 17.9. The van der Waals surface area contributed by atoms with E-state index in [0.29, 0.717) is 18.6 Å². The molecule has 0 bridgehead atoms. The molecular formula is C23H23BrN2O6. The summed E-state index contributed by atoms with van der Waals surface area (Å²) >= 11 is 3.40. The van der Waals surface area contributed by atoms with Crippen LogP contribution in [-0.4, -0.2) is 45.9 Å². The molecule has 1 amide bonds. The van der Waals surface area contributed by atoms with Crippen LogP contribution in [0.15, 0.2) is 58.6 Å². The zero-order chi connectivity index (χ0) is 23.4. The minimum Gasteiger partial charge on any atom is -0.507 e. The third-order valence-electron chi connectivity index (χ3n) is 5.03. The molecule has 0 aliphatic carbocycles. The highest BCUT2D eigenvalue weighted by molar-refractivity contribution is 9.10. The van der Waals surface area contributed by atoms with E-state index in [0.717, 1.165) is 4.47 Å². The minimum absolute atomic E-state index is 0.0418. The molecule has 1 heterocycles. The Balaban J connectivity index is 2.07. The third-order valence-corrected chi connectivity index (χ3v) is 5.52. The number of carbonyl (C=O) groups is 2. The summed E-state index contributed by atoms with van der Waals surface area (Å²) in [5, 5.41) is 22.1. The van der Waals surface area contributed by atoms with Crippen molar-refractivity contribution in [1.82, 2.24) is 4.90 Å². The Bertz CT molecular complexity index is 1080. The van der Waals surface area contributed by atoms with E-state index in [4.69, 9.17) is 4.74 Å². The van der Waals surface area contributed by atoms with Gasteiger partial charge in [-0.2, -0.15) is 0 Å². The quantitative estimate of drug-likeness (QED) is 0.141. The molecule has 9 heteroatoms. The molecule has 0 aromatic heterocycles. The van der Waals surface area contributed by atoms with Crippen molar-refractivity contribution in [1.29, 1.82) is 0 Å². The first-order valence-electron chi connectivity index (χ1n) is 10.1. The van der Waals surface area contributed by atoms with Gasteiger partial charge in [-0.05, 0) is 38.0 Å². The molecule has 32 heavy (non-hydrogen) atoms. The number of Topliss-reactive ketones (excluding diaryl/α,β-unsaturated/α-hetero) is 1. The monoisotopic (exact) mass is 502 g/mol. The van der Waals surface area contributed by atoms with Crippen molar-refractivity contribution in [2.75, 3.05) is 13.2 Å². The Kier molecular flexibility index (Phi) is 7.42. The Hall–Kier alpha value is -3.04. The molecule has 1 aliphatic rings. The van der Waals surface area contributed by atoms with E-state index in [1.54, 1.807) is 18.2 Å². The van der Waals surface area contributed by atoms with Gasteiger partial charge in [-0.1, -0.05) is 40.2 Å². The SMILES string of the molecule is CC(C)OCCCN1C(=O)C(=O)C(=C(O)c2cccc([N+](=O)[O-])c2)[C@@H]1c1cccc(Br)c1. The summed E-state index contributed by atoms with van der Waals surface area (Å²) in [6.07, 6.45) is 0.548. The van der Waals surface area contributed by atoms with Crippen molar-refractivity contribution in [3.05, 3.63) is 79.8 Å². The Morgan fingerprint density at radius 3 is 2.59 bits per heavy atom. The summed E-state index contributed by atoms with van der Waals surface area (Å²) in [6.45, 7) is 4.48. The zero-order valence-electron chi connectivity index (χ0n) is 17.7. The summed E-state index contributed by atoms with van der Waals surface area (Å²) in [6, 6.07) is 11.6. The summed E-state index contributed by atoms with van der Waals surface area (Å²) in [5.74, 6) is -2.01. The van der Waals surface area contributed by atoms with Crippen molar-refractivity contribution in [2.45, 2.75) is 32.4 Å². The van der Waals surface area contributed by atoms with Crippen LogP contribution in [0.25, 0.3) is 5.76 Å². The van der Waals surface area contributed by atoms with Gasteiger partial charge in [0.05, 0.1) is 22.6 Å². The summed E-state index contributed by atoms with van der Waals surface area (Å²) in [7, 11) is 0. The number of ketones is 1. The van der Waals surface area contributed by atoms with Crippen LogP contribution in [0.2, 0.25) is 0 Å². The Labute approximate surface area is 193 Å². The van der Waals surface area contributed by atoms with E-state index in [-0.39, 0.29) is 29.5 Å². The number of rotatable bonds is 8. The van der Waals surface area contributed by atoms with Crippen LogP contribution in [0, 0.1) is 10.1 Å². The van der Waals surface area contributed by atoms with Crippen molar-refractivity contribution in [3.8, 4) is 0 Å². The van der Waals surface area contributed by atoms with Crippen molar-refractivity contribution < 1.29 is 24.4 Å². The van der Waals surface area contributed by atoms with Gasteiger partial charge in [-0.15, -0.1) is 0 Å². The number of hydrogen-bond donors (Lipinski definition) is 1. The number of ether oxygens (including phenoxy) is 1. The number of hydrogen-bond acceptors (Lipinski definition) is 6. The van der Waals surface area contributed by atoms with E-state index in [9.17, 15) is 24.8 Å². The molecule has 2 aromatic rings. The predicted molar refractivity (Wildman–Crippen MR) is 122 cm³/mol. The lowest BCUT2D eigenvalue weighted by atomic mass is 9.95. The molecule has 0 radical (unpaired) electrons. The number of nitrogens with zero attached hydrogens (tertiary/aromatic N) is 2. The fourth-order valence-corrected chi connectivity index (χ4v) is 4.03. The van der Waals surface area contributed by atoms with Crippen LogP contribution >= 0.6 is 15.9 Å². The van der Waals surface area contributed by atoms with Crippen LogP contribution < -0.4 is 0 Å². The van der Waals surface area contributed by atoms with Crippen LogP contribution in [0.3, 0.4) is 0 Å². The largest absolute Gasteiger partial charge is 0.507 e. The number of nitro groups is 1. The van der Waals surface area contributed by atoms with E-state index < -0.39 is 28.4 Å². The van der Waals surface area contributed by atoms with Gasteiger partial charge in [0.15, 0.2) is 0 Å². The maximum atomic E-state index is 13.0. The van der Waals surface area contributed by atoms with Gasteiger partial charge in [-0.25, -0.2) is 0 Å². The molecule has 0 unspecified atom stereocenters. The molecule has 3 rings (SSSR count). The molecule has 168 valence electrons. The summed E-state index contributed by atoms with van der Waals surface area (Å²) < 4.78 is 6.30. The molecule has 1 saturated heterocycles. The number of likely N-dealkylation sites (tertiary alicyclic amines) is 1. The van der Waals surface area contributed by atoms with Gasteiger partial charge in [0.2, 0.25) is 0 Å². The predicted octanol–water partition coefficient (Wildman–Crippen LogP) is 4.59. The van der Waals surface area contributed by atoms with Crippen LogP contribution in [0.5, 0.6) is 0 Å². The second-order valence-corrected chi connectivity index (χ2v) is 8.54. The van der Waals surface area contributed by atoms with Gasteiger partial charge in [0.1, 0.15) is 5.76 Å². The van der Waals surface area contributed by atoms with Crippen LogP contribution in [-0.2, 0) is 14.3 Å². The Morgan fingerprint density at radius 1 is 1.22 bits per heavy atom. The third kappa shape index (κ3) is 5.05. The molecule has 2 aromatic carbocycles. The maximum absolute atomic E-state index is 13.0. The first-order valence-corrected chi connectivity index (χ1v) is 10.9. The van der Waals surface area contributed by atoms with Gasteiger partial charge >= 0.3 is 0 Å². The lowest BCUT2D eigenvalue weighted by molar-refractivity contribution is -0.384. The second kappa shape index (κ2) is 10.1. The highest BCUT2D eigenvalue weighted by atomic mass is 79.9. The molecule has 0 saturated carbocycles. The lowest BCUT2D eigenvalue weighted by Gasteiger charge is -2.25. The molecule has 1 fully saturated rings. The van der Waals surface area contributed by atoms with Crippen LogP contribution in [0.4, 0.5) is 5.69 Å². The smallest absolute Gasteiger partial charge is 0.295 e. The number of aliphatic hydroxyl groups is 1. The second-order valence-electron chi connectivity index (χ2n) is 7.63. The molecule has 1 atom stereocenters. The molecule has 1 N–H and O–H groups in total. The van der Waals surface area contributed by atoms with Gasteiger partial charge in [0, 0.05) is 35.3 Å². The van der Waals surface area contributed by atoms with Gasteiger partial charge in [0.25, 0.3) is 17.4 Å². The van der Waals surface area contributed by atoms with E-state index in [2.05, 4.69) is 15.9 Å². The molecule has 8 nitrogen and oxygen atoms in total. The van der Waals surface area contributed by atoms with Crippen LogP contribution in [0.1, 0.15) is 37.4 Å². The van der Waals surface area contributed by atoms with Crippen molar-refractivity contribution in [2.24, 2.45) is 0 Å². The van der Waals surface area contributed by atoms with Gasteiger partial charge < -0.3 is 14.7 Å². The van der Waals surface area contributed by atoms with E-state index >= 15 is 0 Å². The number of benzene rings is 2. The fraction of sp³-hybridized carbons (Fsp3) is 0.304. The number of nitro benzene ring substituents is 1. The van der Waals surface area contributed by atoms with E-state index in [1.807, 2.05) is 19.9 Å². The average molecular weight is 503 g/mol. The fourth-order valence-electron chi connectivity index (χ4n) is 3.61. The molecular weight excluding hydrogens is 480 g/mol. The summed E-state index contributed by atoms with van der Waals surface area (Å²) in [5.41, 5.74) is 0.405. The van der Waals surface area contributed by atoms with Crippen molar-refractivity contribution in [3.63, 3.8) is 0 Å². The number of aliphatic hydroxyl groups excluding tert-OH is 1. The van der Waals surface area contributed by atoms with E-state index in [1.165, 1.54) is 29.2 Å². The average Bonchev–Trinajstić information content (AvgIpc) is 3.01. The number of non-ortho nitro benzene ring substituents is 1. The number of carbonyl (C=O) groups excluding carboxylic acids is 2. The molecule has 1 aliphatic heterocycles. The first kappa shape index (κ1) is 23.6.